The van der Waals surface area contributed by atoms with E-state index in [2.05, 4.69) is 45.9 Å². The van der Waals surface area contributed by atoms with Gasteiger partial charge in [0.1, 0.15) is 4.75 Å². The third kappa shape index (κ3) is 2.67. The van der Waals surface area contributed by atoms with E-state index in [1.54, 1.807) is 0 Å². The molecule has 5 heteroatoms. The van der Waals surface area contributed by atoms with Gasteiger partial charge in [-0.25, -0.2) is 4.98 Å². The van der Waals surface area contributed by atoms with Crippen LogP contribution in [-0.4, -0.2) is 25.4 Å². The van der Waals surface area contributed by atoms with Gasteiger partial charge in [0.2, 0.25) is 0 Å². The molecule has 5 rings (SSSR count). The van der Waals surface area contributed by atoms with Gasteiger partial charge < -0.3 is 5.11 Å². The Morgan fingerprint density at radius 2 is 1.93 bits per heavy atom. The number of hydrogen-bond donors (Lipinski definition) is 1. The van der Waals surface area contributed by atoms with Crippen LogP contribution in [0, 0.1) is 6.92 Å². The topological polar surface area (TPSA) is 55.1 Å². The molecule has 0 saturated heterocycles. The highest BCUT2D eigenvalue weighted by Crippen LogP contribution is 2.49. The summed E-state index contributed by atoms with van der Waals surface area (Å²) in [6, 6.07) is 13.0. The van der Waals surface area contributed by atoms with E-state index >= 15 is 0 Å². The number of aliphatic carboxylic acids is 1. The Bertz CT molecular complexity index is 1050. The van der Waals surface area contributed by atoms with E-state index < -0.39 is 10.7 Å². The number of aromatic nitrogens is 2. The Kier molecular flexibility index (Phi) is 3.83. The third-order valence-corrected chi connectivity index (χ3v) is 7.38. The first-order chi connectivity index (χ1) is 13.1. The van der Waals surface area contributed by atoms with E-state index in [-0.39, 0.29) is 0 Å². The van der Waals surface area contributed by atoms with Gasteiger partial charge in [0, 0.05) is 17.3 Å². The smallest absolute Gasteiger partial charge is 0.320 e. The van der Waals surface area contributed by atoms with Gasteiger partial charge in [0.25, 0.3) is 0 Å². The van der Waals surface area contributed by atoms with Crippen LogP contribution in [0.1, 0.15) is 49.3 Å². The minimum atomic E-state index is -0.723. The molecule has 138 valence electrons. The lowest BCUT2D eigenvalue weighted by Crippen LogP contribution is -2.42. The number of imidazole rings is 1. The van der Waals surface area contributed by atoms with Gasteiger partial charge in [-0.1, -0.05) is 42.1 Å². The van der Waals surface area contributed by atoms with Crippen molar-refractivity contribution >= 4 is 28.5 Å². The second-order valence-electron chi connectivity index (χ2n) is 7.77. The summed E-state index contributed by atoms with van der Waals surface area (Å²) in [6.07, 6.45) is 6.78. The van der Waals surface area contributed by atoms with Crippen molar-refractivity contribution in [1.29, 1.82) is 0 Å². The fourth-order valence-corrected chi connectivity index (χ4v) is 5.43. The quantitative estimate of drug-likeness (QED) is 0.654. The zero-order chi connectivity index (χ0) is 18.6. The van der Waals surface area contributed by atoms with Crippen molar-refractivity contribution in [2.24, 2.45) is 0 Å². The number of carboxylic acid groups (broad SMARTS) is 1. The van der Waals surface area contributed by atoms with Crippen LogP contribution in [0.4, 0.5) is 0 Å². The second-order valence-corrected chi connectivity index (χ2v) is 9.12. The standard InChI is InChI=1S/C22H22N2O2S/c1-14-13-23-21(27-22(20(25)26)11-4-12-22)24(14)19-10-9-16(15-7-8-15)17-5-2-3-6-18(17)19/h2-3,5-6,9-10,13,15H,4,7-8,11-12H2,1H3,(H,25,26). The molecular formula is C22H22N2O2S. The number of rotatable bonds is 5. The number of carbonyl (C=O) groups is 1. The fraction of sp³-hybridized carbons (Fsp3) is 0.364. The molecule has 2 aliphatic carbocycles. The van der Waals surface area contributed by atoms with Crippen molar-refractivity contribution < 1.29 is 9.90 Å². The van der Waals surface area contributed by atoms with Crippen LogP contribution in [0.3, 0.4) is 0 Å². The Hall–Kier alpha value is -2.27. The molecule has 0 spiro atoms. The Balaban J connectivity index is 1.65. The highest BCUT2D eigenvalue weighted by molar-refractivity contribution is 8.01. The molecule has 2 saturated carbocycles. The van der Waals surface area contributed by atoms with Crippen molar-refractivity contribution in [1.82, 2.24) is 9.55 Å². The number of thioether (sulfide) groups is 1. The van der Waals surface area contributed by atoms with Crippen LogP contribution >= 0.6 is 11.8 Å². The molecule has 2 aromatic carbocycles. The largest absolute Gasteiger partial charge is 0.480 e. The van der Waals surface area contributed by atoms with E-state index in [1.807, 2.05) is 13.1 Å². The maximum atomic E-state index is 11.8. The third-order valence-electron chi connectivity index (χ3n) is 5.94. The molecule has 1 heterocycles. The summed E-state index contributed by atoms with van der Waals surface area (Å²) in [5, 5.41) is 13.0. The monoisotopic (exact) mass is 378 g/mol. The maximum Gasteiger partial charge on any atom is 0.320 e. The van der Waals surface area contributed by atoms with Gasteiger partial charge in [-0.15, -0.1) is 0 Å². The van der Waals surface area contributed by atoms with Gasteiger partial charge in [-0.05, 0) is 62.0 Å². The van der Waals surface area contributed by atoms with Gasteiger partial charge in [0.15, 0.2) is 5.16 Å². The van der Waals surface area contributed by atoms with E-state index in [0.717, 1.165) is 23.0 Å². The zero-order valence-electron chi connectivity index (χ0n) is 15.3. The van der Waals surface area contributed by atoms with E-state index in [0.29, 0.717) is 18.8 Å². The highest BCUT2D eigenvalue weighted by atomic mass is 32.2. The molecule has 2 fully saturated rings. The van der Waals surface area contributed by atoms with Gasteiger partial charge in [-0.3, -0.25) is 9.36 Å². The molecular weight excluding hydrogens is 356 g/mol. The minimum absolute atomic E-state index is 0.687. The molecule has 1 aromatic heterocycles. The van der Waals surface area contributed by atoms with Crippen LogP contribution in [0.5, 0.6) is 0 Å². The van der Waals surface area contributed by atoms with Crippen molar-refractivity contribution in [2.75, 3.05) is 0 Å². The normalized spacial score (nSPS) is 18.4. The van der Waals surface area contributed by atoms with Crippen molar-refractivity contribution in [3.05, 3.63) is 53.9 Å². The number of benzene rings is 2. The zero-order valence-corrected chi connectivity index (χ0v) is 16.1. The Morgan fingerprint density at radius 3 is 2.56 bits per heavy atom. The summed E-state index contributed by atoms with van der Waals surface area (Å²) in [6.45, 7) is 2.04. The minimum Gasteiger partial charge on any atom is -0.480 e. The summed E-state index contributed by atoms with van der Waals surface area (Å²) in [5.74, 6) is -0.0353. The fourth-order valence-electron chi connectivity index (χ4n) is 4.06. The first kappa shape index (κ1) is 16.9. The van der Waals surface area contributed by atoms with Gasteiger partial charge >= 0.3 is 5.97 Å². The number of carboxylic acids is 1. The first-order valence-electron chi connectivity index (χ1n) is 9.58. The van der Waals surface area contributed by atoms with Crippen LogP contribution < -0.4 is 0 Å². The molecule has 27 heavy (non-hydrogen) atoms. The van der Waals surface area contributed by atoms with Crippen LogP contribution in [-0.2, 0) is 4.79 Å². The average Bonchev–Trinajstić information content (AvgIpc) is 3.41. The van der Waals surface area contributed by atoms with E-state index in [9.17, 15) is 9.90 Å². The molecule has 0 unspecified atom stereocenters. The number of fused-ring (bicyclic) bond motifs is 1. The molecule has 0 radical (unpaired) electrons. The number of nitrogens with zero attached hydrogens (tertiary/aromatic N) is 2. The molecule has 2 aliphatic rings. The van der Waals surface area contributed by atoms with E-state index in [4.69, 9.17) is 0 Å². The predicted molar refractivity (Wildman–Crippen MR) is 108 cm³/mol. The van der Waals surface area contributed by atoms with Crippen molar-refractivity contribution in [3.63, 3.8) is 0 Å². The number of aryl methyl sites for hydroxylation is 1. The maximum absolute atomic E-state index is 11.8. The van der Waals surface area contributed by atoms with Crippen molar-refractivity contribution in [2.45, 2.75) is 54.8 Å². The SMILES string of the molecule is Cc1cnc(SC2(C(=O)O)CCC2)n1-c1ccc(C2CC2)c2ccccc12. The summed E-state index contributed by atoms with van der Waals surface area (Å²) in [7, 11) is 0. The second kappa shape index (κ2) is 6.13. The molecule has 0 bridgehead atoms. The first-order valence-corrected chi connectivity index (χ1v) is 10.4. The van der Waals surface area contributed by atoms with E-state index in [1.165, 1.54) is 40.9 Å². The molecule has 4 nitrogen and oxygen atoms in total. The molecule has 0 aliphatic heterocycles. The molecule has 0 atom stereocenters. The lowest BCUT2D eigenvalue weighted by molar-refractivity contribution is -0.142. The number of hydrogen-bond acceptors (Lipinski definition) is 3. The summed E-state index contributed by atoms with van der Waals surface area (Å²) in [4.78, 5) is 16.4. The molecule has 0 amide bonds. The molecule has 3 aromatic rings. The van der Waals surface area contributed by atoms with Gasteiger partial charge in [-0.2, -0.15) is 0 Å². The summed E-state index contributed by atoms with van der Waals surface area (Å²) < 4.78 is 1.41. The Morgan fingerprint density at radius 1 is 1.19 bits per heavy atom. The van der Waals surface area contributed by atoms with Crippen LogP contribution in [0.15, 0.2) is 47.8 Å². The predicted octanol–water partition coefficient (Wildman–Crippen LogP) is 5.31. The summed E-state index contributed by atoms with van der Waals surface area (Å²) >= 11 is 1.41. The summed E-state index contributed by atoms with van der Waals surface area (Å²) in [5.41, 5.74) is 3.55. The Labute approximate surface area is 162 Å². The van der Waals surface area contributed by atoms with Crippen LogP contribution in [0.2, 0.25) is 0 Å². The lowest BCUT2D eigenvalue weighted by atomic mass is 9.84. The van der Waals surface area contributed by atoms with Crippen LogP contribution in [0.25, 0.3) is 16.5 Å². The van der Waals surface area contributed by atoms with Crippen molar-refractivity contribution in [3.8, 4) is 5.69 Å². The highest BCUT2D eigenvalue weighted by Gasteiger charge is 2.46. The van der Waals surface area contributed by atoms with Gasteiger partial charge in [0.05, 0.1) is 5.69 Å². The lowest BCUT2D eigenvalue weighted by Gasteiger charge is -2.36. The molecule has 1 N–H and O–H groups in total. The average molecular weight is 378 g/mol.